The maximum absolute atomic E-state index is 14.0. The summed E-state index contributed by atoms with van der Waals surface area (Å²) in [4.78, 5) is 43.6. The highest BCUT2D eigenvalue weighted by Crippen LogP contribution is 2.36. The zero-order valence-electron chi connectivity index (χ0n) is 25.1. The van der Waals surface area contributed by atoms with E-state index in [-0.39, 0.29) is 30.4 Å². The number of rotatable bonds is 10. The number of carbonyl (C=O) groups excluding carboxylic acids is 1. The normalized spacial score (nSPS) is 14.6. The number of aromatic nitrogens is 1. The van der Waals surface area contributed by atoms with Gasteiger partial charge in [0.15, 0.2) is 4.80 Å². The lowest BCUT2D eigenvalue weighted by Crippen LogP contribution is -2.40. The van der Waals surface area contributed by atoms with Gasteiger partial charge in [-0.2, -0.15) is 0 Å². The number of esters is 1. The van der Waals surface area contributed by atoms with Crippen LogP contribution in [0, 0.1) is 3.57 Å². The minimum absolute atomic E-state index is 0.120. The number of benzene rings is 3. The summed E-state index contributed by atoms with van der Waals surface area (Å²) in [7, 11) is 0. The first-order chi connectivity index (χ1) is 21.6. The largest absolute Gasteiger partial charge is 0.491 e. The molecule has 0 bridgehead atoms. The zero-order valence-corrected chi connectivity index (χ0v) is 28.0. The van der Waals surface area contributed by atoms with Crippen LogP contribution in [0.5, 0.6) is 11.5 Å². The number of allylic oxidation sites excluding steroid dienone is 1. The summed E-state index contributed by atoms with van der Waals surface area (Å²) in [6.07, 6.45) is 1.68. The third-order valence-corrected chi connectivity index (χ3v) is 8.77. The maximum Gasteiger partial charge on any atom is 0.338 e. The SMILES string of the molecule is CCOC(=O)C1=C(C)N=c2s/c(=C/c3ccc(OCc4ccc(C(=O)O)cc4)c(I)c3)c(=O)n2[C@H]1c1ccccc1OC(C)C. The highest BCUT2D eigenvalue weighted by Gasteiger charge is 2.35. The van der Waals surface area contributed by atoms with Crippen molar-refractivity contribution < 1.29 is 28.9 Å². The van der Waals surface area contributed by atoms with E-state index in [1.165, 1.54) is 11.3 Å². The lowest BCUT2D eigenvalue weighted by molar-refractivity contribution is -0.139. The first-order valence-electron chi connectivity index (χ1n) is 14.3. The molecule has 1 N–H and O–H groups in total. The number of carbonyl (C=O) groups is 2. The Bertz CT molecular complexity index is 1980. The lowest BCUT2D eigenvalue weighted by Gasteiger charge is -2.26. The molecule has 0 aliphatic carbocycles. The lowest BCUT2D eigenvalue weighted by atomic mass is 9.95. The first kappa shape index (κ1) is 32.2. The molecule has 1 atom stereocenters. The van der Waals surface area contributed by atoms with Gasteiger partial charge in [0, 0.05) is 5.56 Å². The number of hydrogen-bond donors (Lipinski definition) is 1. The van der Waals surface area contributed by atoms with E-state index in [4.69, 9.17) is 19.3 Å². The van der Waals surface area contributed by atoms with Crippen LogP contribution in [0.15, 0.2) is 87.8 Å². The number of carboxylic acids is 1. The summed E-state index contributed by atoms with van der Waals surface area (Å²) in [6, 6.07) is 18.8. The molecule has 0 radical (unpaired) electrons. The van der Waals surface area contributed by atoms with E-state index < -0.39 is 18.0 Å². The van der Waals surface area contributed by atoms with Crippen molar-refractivity contribution in [2.45, 2.75) is 46.4 Å². The Balaban J connectivity index is 1.51. The van der Waals surface area contributed by atoms with Gasteiger partial charge in [-0.15, -0.1) is 0 Å². The molecule has 2 heterocycles. The molecule has 3 aromatic carbocycles. The molecule has 0 unspecified atom stereocenters. The second-order valence-electron chi connectivity index (χ2n) is 10.5. The Hall–Kier alpha value is -4.23. The van der Waals surface area contributed by atoms with Crippen LogP contribution in [0.3, 0.4) is 0 Å². The molecule has 0 saturated carbocycles. The fourth-order valence-corrected chi connectivity index (χ4v) is 6.68. The van der Waals surface area contributed by atoms with Gasteiger partial charge in [0.25, 0.3) is 5.56 Å². The molecule has 0 amide bonds. The van der Waals surface area contributed by atoms with Crippen LogP contribution in [-0.2, 0) is 16.1 Å². The van der Waals surface area contributed by atoms with Gasteiger partial charge in [0.1, 0.15) is 24.1 Å². The number of carboxylic acid groups (broad SMARTS) is 1. The number of halogens is 1. The number of thiazole rings is 1. The first-order valence-corrected chi connectivity index (χ1v) is 16.2. The third-order valence-electron chi connectivity index (χ3n) is 6.94. The minimum Gasteiger partial charge on any atom is -0.491 e. The van der Waals surface area contributed by atoms with Crippen LogP contribution in [0.1, 0.15) is 60.8 Å². The van der Waals surface area contributed by atoms with Crippen LogP contribution in [0.2, 0.25) is 0 Å². The average molecular weight is 739 g/mol. The summed E-state index contributed by atoms with van der Waals surface area (Å²) in [6.45, 7) is 7.80. The summed E-state index contributed by atoms with van der Waals surface area (Å²) >= 11 is 3.43. The predicted octanol–water partition coefficient (Wildman–Crippen LogP) is 5.47. The van der Waals surface area contributed by atoms with Crippen molar-refractivity contribution in [3.8, 4) is 11.5 Å². The van der Waals surface area contributed by atoms with E-state index in [2.05, 4.69) is 27.6 Å². The molecule has 4 aromatic rings. The second-order valence-corrected chi connectivity index (χ2v) is 12.7. The molecule has 45 heavy (non-hydrogen) atoms. The van der Waals surface area contributed by atoms with Crippen LogP contribution in [0.4, 0.5) is 0 Å². The smallest absolute Gasteiger partial charge is 0.338 e. The molecule has 1 aromatic heterocycles. The van der Waals surface area contributed by atoms with Crippen molar-refractivity contribution in [2.24, 2.45) is 4.99 Å². The maximum atomic E-state index is 14.0. The van der Waals surface area contributed by atoms with E-state index in [1.54, 1.807) is 48.8 Å². The molecule has 11 heteroatoms. The van der Waals surface area contributed by atoms with Gasteiger partial charge >= 0.3 is 11.9 Å². The Morgan fingerprint density at radius 2 is 1.82 bits per heavy atom. The van der Waals surface area contributed by atoms with Crippen LogP contribution < -0.4 is 24.4 Å². The van der Waals surface area contributed by atoms with Crippen LogP contribution >= 0.6 is 33.9 Å². The molecule has 0 fully saturated rings. The Morgan fingerprint density at radius 1 is 1.09 bits per heavy atom. The van der Waals surface area contributed by atoms with Gasteiger partial charge in [-0.3, -0.25) is 9.36 Å². The number of hydrogen-bond acceptors (Lipinski definition) is 8. The zero-order chi connectivity index (χ0) is 32.2. The van der Waals surface area contributed by atoms with Crippen molar-refractivity contribution in [2.75, 3.05) is 6.61 Å². The predicted molar refractivity (Wildman–Crippen MR) is 179 cm³/mol. The van der Waals surface area contributed by atoms with Gasteiger partial charge in [0.05, 0.1) is 37.6 Å². The Morgan fingerprint density at radius 3 is 2.49 bits per heavy atom. The van der Waals surface area contributed by atoms with E-state index in [1.807, 2.05) is 56.3 Å². The number of nitrogens with zero attached hydrogens (tertiary/aromatic N) is 2. The molecule has 1 aliphatic rings. The minimum atomic E-state index is -0.977. The molecule has 0 spiro atoms. The van der Waals surface area contributed by atoms with Crippen molar-refractivity contribution in [1.82, 2.24) is 4.57 Å². The van der Waals surface area contributed by atoms with Gasteiger partial charge in [0.2, 0.25) is 0 Å². The Labute approximate surface area is 277 Å². The highest BCUT2D eigenvalue weighted by atomic mass is 127. The van der Waals surface area contributed by atoms with E-state index in [0.29, 0.717) is 37.7 Å². The number of ether oxygens (including phenoxy) is 3. The molecule has 0 saturated heterocycles. The molecule has 1 aliphatic heterocycles. The molecule has 9 nitrogen and oxygen atoms in total. The molecular formula is C34H31IN2O7S. The fraction of sp³-hybridized carbons (Fsp3) is 0.235. The second kappa shape index (κ2) is 13.8. The van der Waals surface area contributed by atoms with Gasteiger partial charge in [-0.05, 0) is 97.8 Å². The van der Waals surface area contributed by atoms with Gasteiger partial charge in [-0.1, -0.05) is 47.7 Å². The standard InChI is InChI=1S/C34H31IN2O7S/c1-5-42-33(41)29-20(4)36-34-37(30(29)24-8-6-7-9-26(24)44-19(2)3)31(38)28(45-34)17-22-12-15-27(25(35)16-22)43-18-21-10-13-23(14-11-21)32(39)40/h6-17,19,30H,5,18H2,1-4H3,(H,39,40)/b28-17+/t30-/m0/s1. The van der Waals surface area contributed by atoms with E-state index >= 15 is 0 Å². The molecule has 232 valence electrons. The van der Waals surface area contributed by atoms with Gasteiger partial charge in [-0.25, -0.2) is 14.6 Å². The van der Waals surface area contributed by atoms with E-state index in [9.17, 15) is 14.4 Å². The summed E-state index contributed by atoms with van der Waals surface area (Å²) in [5, 5.41) is 9.10. The molecular weight excluding hydrogens is 707 g/mol. The quantitative estimate of drug-likeness (QED) is 0.170. The summed E-state index contributed by atoms with van der Waals surface area (Å²) < 4.78 is 20.4. The number of para-hydroxylation sites is 1. The highest BCUT2D eigenvalue weighted by molar-refractivity contribution is 14.1. The monoisotopic (exact) mass is 738 g/mol. The topological polar surface area (TPSA) is 116 Å². The Kier molecular flexibility index (Phi) is 9.88. The van der Waals surface area contributed by atoms with Crippen molar-refractivity contribution in [3.05, 3.63) is 124 Å². The third kappa shape index (κ3) is 7.04. The summed E-state index contributed by atoms with van der Waals surface area (Å²) in [5.74, 6) is -0.269. The van der Waals surface area contributed by atoms with Gasteiger partial charge < -0.3 is 19.3 Å². The van der Waals surface area contributed by atoms with Crippen molar-refractivity contribution in [1.29, 1.82) is 0 Å². The number of fused-ring (bicyclic) bond motifs is 1. The number of aromatic carboxylic acids is 1. The average Bonchev–Trinajstić information content (AvgIpc) is 3.30. The van der Waals surface area contributed by atoms with E-state index in [0.717, 1.165) is 14.7 Å². The summed E-state index contributed by atoms with van der Waals surface area (Å²) in [5.41, 5.74) is 3.03. The molecule has 5 rings (SSSR count). The van der Waals surface area contributed by atoms with Crippen LogP contribution in [-0.4, -0.2) is 34.3 Å². The van der Waals surface area contributed by atoms with Crippen molar-refractivity contribution >= 4 is 51.9 Å². The van der Waals surface area contributed by atoms with Crippen molar-refractivity contribution in [3.63, 3.8) is 0 Å². The van der Waals surface area contributed by atoms with Crippen LogP contribution in [0.25, 0.3) is 6.08 Å². The fourth-order valence-electron chi connectivity index (χ4n) is 4.93.